The number of nitrogens with one attached hydrogen (secondary N) is 1. The van der Waals surface area contributed by atoms with E-state index in [-0.39, 0.29) is 11.2 Å². The van der Waals surface area contributed by atoms with Crippen LogP contribution < -0.4 is 5.32 Å². The molecule has 0 amide bonds. The van der Waals surface area contributed by atoms with E-state index in [0.29, 0.717) is 12.1 Å². The third kappa shape index (κ3) is 3.32. The molecule has 3 nitrogen and oxygen atoms in total. The first-order valence-corrected chi connectivity index (χ1v) is 7.87. The molecule has 2 fully saturated rings. The van der Waals surface area contributed by atoms with Crippen LogP contribution in [0.4, 0.5) is 0 Å². The summed E-state index contributed by atoms with van der Waals surface area (Å²) < 4.78 is 6.27. The number of rotatable bonds is 3. The van der Waals surface area contributed by atoms with Crippen LogP contribution in [0.5, 0.6) is 0 Å². The van der Waals surface area contributed by atoms with E-state index in [4.69, 9.17) is 4.74 Å². The molecular formula is C16H32N2O. The van der Waals surface area contributed by atoms with Gasteiger partial charge in [0.05, 0.1) is 11.2 Å². The van der Waals surface area contributed by atoms with Crippen LogP contribution in [-0.2, 0) is 4.74 Å². The van der Waals surface area contributed by atoms with Gasteiger partial charge in [0.1, 0.15) is 0 Å². The Morgan fingerprint density at radius 1 is 1.26 bits per heavy atom. The highest BCUT2D eigenvalue weighted by Crippen LogP contribution is 2.41. The fraction of sp³-hybridized carbons (Fsp3) is 1.00. The first-order chi connectivity index (χ1) is 8.75. The number of piperidine rings is 1. The van der Waals surface area contributed by atoms with Crippen molar-refractivity contribution >= 4 is 0 Å². The van der Waals surface area contributed by atoms with Gasteiger partial charge in [0.25, 0.3) is 0 Å². The first-order valence-electron chi connectivity index (χ1n) is 7.87. The lowest BCUT2D eigenvalue weighted by Crippen LogP contribution is -2.52. The summed E-state index contributed by atoms with van der Waals surface area (Å²) in [6, 6.07) is 1.18. The maximum absolute atomic E-state index is 6.27. The molecule has 0 radical (unpaired) electrons. The molecule has 2 saturated heterocycles. The van der Waals surface area contributed by atoms with E-state index in [1.54, 1.807) is 0 Å². The molecule has 2 heterocycles. The summed E-state index contributed by atoms with van der Waals surface area (Å²) in [5.41, 5.74) is 0.00397. The zero-order chi connectivity index (χ0) is 14.3. The Morgan fingerprint density at radius 2 is 1.95 bits per heavy atom. The largest absolute Gasteiger partial charge is 0.368 e. The lowest BCUT2D eigenvalue weighted by atomic mass is 9.86. The molecule has 0 bridgehead atoms. The molecule has 19 heavy (non-hydrogen) atoms. The van der Waals surface area contributed by atoms with Gasteiger partial charge in [0.15, 0.2) is 0 Å². The molecule has 112 valence electrons. The second-order valence-corrected chi connectivity index (χ2v) is 7.66. The third-order valence-electron chi connectivity index (χ3n) is 5.12. The monoisotopic (exact) mass is 268 g/mol. The van der Waals surface area contributed by atoms with Gasteiger partial charge in [0, 0.05) is 18.6 Å². The standard InChI is InChI=1S/C16H32N2O/c1-12(17-6)13-8-7-9-18(11-13)14-10-15(2,3)19-16(14,4)5/h12-14,17H,7-11H2,1-6H3. The number of likely N-dealkylation sites (tertiary alicyclic amines) is 1. The molecule has 2 aliphatic heterocycles. The molecular weight excluding hydrogens is 236 g/mol. The Labute approximate surface area is 119 Å². The van der Waals surface area contributed by atoms with E-state index in [1.807, 2.05) is 0 Å². The summed E-state index contributed by atoms with van der Waals surface area (Å²) in [5, 5.41) is 3.42. The molecule has 0 aromatic heterocycles. The Hall–Kier alpha value is -0.120. The van der Waals surface area contributed by atoms with Gasteiger partial charge in [-0.3, -0.25) is 4.90 Å². The van der Waals surface area contributed by atoms with Gasteiger partial charge < -0.3 is 10.1 Å². The van der Waals surface area contributed by atoms with Crippen molar-refractivity contribution < 1.29 is 4.74 Å². The average Bonchev–Trinajstić information content (AvgIpc) is 2.56. The van der Waals surface area contributed by atoms with Gasteiger partial charge >= 0.3 is 0 Å². The van der Waals surface area contributed by atoms with Crippen molar-refractivity contribution in [1.82, 2.24) is 10.2 Å². The molecule has 0 spiro atoms. The van der Waals surface area contributed by atoms with Crippen LogP contribution in [-0.4, -0.2) is 48.3 Å². The molecule has 3 unspecified atom stereocenters. The van der Waals surface area contributed by atoms with Gasteiger partial charge in [-0.1, -0.05) is 0 Å². The van der Waals surface area contributed by atoms with Crippen LogP contribution in [0.3, 0.4) is 0 Å². The fourth-order valence-corrected chi connectivity index (χ4v) is 4.07. The minimum atomic E-state index is -0.0196. The highest BCUT2D eigenvalue weighted by molar-refractivity contribution is 5.01. The van der Waals surface area contributed by atoms with Crippen molar-refractivity contribution in [3.8, 4) is 0 Å². The molecule has 0 saturated carbocycles. The number of ether oxygens (including phenoxy) is 1. The highest BCUT2D eigenvalue weighted by atomic mass is 16.5. The predicted molar refractivity (Wildman–Crippen MR) is 80.5 cm³/mol. The third-order valence-corrected chi connectivity index (χ3v) is 5.12. The topological polar surface area (TPSA) is 24.5 Å². The van der Waals surface area contributed by atoms with Crippen molar-refractivity contribution in [2.75, 3.05) is 20.1 Å². The van der Waals surface area contributed by atoms with E-state index in [2.05, 4.69) is 51.9 Å². The molecule has 2 aliphatic rings. The summed E-state index contributed by atoms with van der Waals surface area (Å²) in [6.45, 7) is 13.7. The summed E-state index contributed by atoms with van der Waals surface area (Å²) in [6.07, 6.45) is 3.83. The van der Waals surface area contributed by atoms with E-state index < -0.39 is 0 Å². The maximum Gasteiger partial charge on any atom is 0.0789 e. The van der Waals surface area contributed by atoms with Crippen LogP contribution in [0.2, 0.25) is 0 Å². The second kappa shape index (κ2) is 5.34. The van der Waals surface area contributed by atoms with Crippen molar-refractivity contribution in [2.45, 2.75) is 77.2 Å². The van der Waals surface area contributed by atoms with E-state index in [0.717, 1.165) is 12.3 Å². The first kappa shape index (κ1) is 15.3. The summed E-state index contributed by atoms with van der Waals surface area (Å²) in [7, 11) is 2.08. The second-order valence-electron chi connectivity index (χ2n) is 7.66. The van der Waals surface area contributed by atoms with Gasteiger partial charge in [-0.15, -0.1) is 0 Å². The van der Waals surface area contributed by atoms with Crippen molar-refractivity contribution in [2.24, 2.45) is 5.92 Å². The Balaban J connectivity index is 2.05. The molecule has 0 aromatic carbocycles. The lowest BCUT2D eigenvalue weighted by Gasteiger charge is -2.42. The van der Waals surface area contributed by atoms with Gasteiger partial charge in [-0.2, -0.15) is 0 Å². The quantitative estimate of drug-likeness (QED) is 0.851. The van der Waals surface area contributed by atoms with Crippen LogP contribution in [0.15, 0.2) is 0 Å². The molecule has 0 aromatic rings. The maximum atomic E-state index is 6.27. The normalized spacial score (nSPS) is 36.3. The molecule has 2 rings (SSSR count). The van der Waals surface area contributed by atoms with E-state index in [9.17, 15) is 0 Å². The van der Waals surface area contributed by atoms with Crippen molar-refractivity contribution in [1.29, 1.82) is 0 Å². The molecule has 3 heteroatoms. The number of hydrogen-bond acceptors (Lipinski definition) is 3. The van der Waals surface area contributed by atoms with Gasteiger partial charge in [0.2, 0.25) is 0 Å². The predicted octanol–water partition coefficient (Wildman–Crippen LogP) is 2.65. The molecule has 0 aliphatic carbocycles. The Bertz CT molecular complexity index is 314. The lowest BCUT2D eigenvalue weighted by molar-refractivity contribution is -0.0838. The molecule has 1 N–H and O–H groups in total. The van der Waals surface area contributed by atoms with Crippen LogP contribution in [0, 0.1) is 5.92 Å². The Morgan fingerprint density at radius 3 is 2.47 bits per heavy atom. The highest BCUT2D eigenvalue weighted by Gasteiger charge is 2.49. The van der Waals surface area contributed by atoms with E-state index in [1.165, 1.54) is 25.9 Å². The van der Waals surface area contributed by atoms with Gasteiger partial charge in [-0.25, -0.2) is 0 Å². The minimum Gasteiger partial charge on any atom is -0.368 e. The number of hydrogen-bond donors (Lipinski definition) is 1. The van der Waals surface area contributed by atoms with Gasteiger partial charge in [-0.05, 0) is 73.4 Å². The summed E-state index contributed by atoms with van der Waals surface area (Å²) >= 11 is 0. The molecule has 3 atom stereocenters. The van der Waals surface area contributed by atoms with Crippen LogP contribution in [0.25, 0.3) is 0 Å². The summed E-state index contributed by atoms with van der Waals surface area (Å²) in [5.74, 6) is 0.776. The zero-order valence-corrected chi connectivity index (χ0v) is 13.6. The zero-order valence-electron chi connectivity index (χ0n) is 13.6. The van der Waals surface area contributed by atoms with Crippen LogP contribution in [0.1, 0.15) is 53.9 Å². The Kier molecular flexibility index (Phi) is 4.29. The van der Waals surface area contributed by atoms with Crippen LogP contribution >= 0.6 is 0 Å². The average molecular weight is 268 g/mol. The fourth-order valence-electron chi connectivity index (χ4n) is 4.07. The number of nitrogens with zero attached hydrogens (tertiary/aromatic N) is 1. The van der Waals surface area contributed by atoms with E-state index >= 15 is 0 Å². The summed E-state index contributed by atoms with van der Waals surface area (Å²) in [4.78, 5) is 2.69. The van der Waals surface area contributed by atoms with Crippen molar-refractivity contribution in [3.05, 3.63) is 0 Å². The SMILES string of the molecule is CNC(C)C1CCCN(C2CC(C)(C)OC2(C)C)C1. The van der Waals surface area contributed by atoms with Crippen molar-refractivity contribution in [3.63, 3.8) is 0 Å². The smallest absolute Gasteiger partial charge is 0.0789 e. The minimum absolute atomic E-state index is 0.0196.